The SMILES string of the molecule is Cc1ccc(O)c(Cl)n1. The largest absolute Gasteiger partial charge is 0.505 e. The number of halogens is 1. The zero-order chi connectivity index (χ0) is 6.85. The Balaban J connectivity index is 3.17. The van der Waals surface area contributed by atoms with E-state index in [0.717, 1.165) is 5.69 Å². The van der Waals surface area contributed by atoms with Crippen molar-refractivity contribution in [3.63, 3.8) is 0 Å². The molecule has 0 unspecified atom stereocenters. The molecule has 0 fully saturated rings. The lowest BCUT2D eigenvalue weighted by Crippen LogP contribution is -1.79. The van der Waals surface area contributed by atoms with E-state index in [2.05, 4.69) is 4.98 Å². The van der Waals surface area contributed by atoms with Crippen LogP contribution in [0.1, 0.15) is 5.69 Å². The van der Waals surface area contributed by atoms with Crippen molar-refractivity contribution >= 4 is 11.6 Å². The molecule has 0 aliphatic heterocycles. The van der Waals surface area contributed by atoms with E-state index < -0.39 is 0 Å². The van der Waals surface area contributed by atoms with Crippen molar-refractivity contribution in [1.82, 2.24) is 4.98 Å². The third kappa shape index (κ3) is 1.33. The smallest absolute Gasteiger partial charge is 0.171 e. The minimum atomic E-state index is 0.0299. The number of hydrogen-bond donors (Lipinski definition) is 1. The third-order valence-electron chi connectivity index (χ3n) is 0.968. The first-order valence-electron chi connectivity index (χ1n) is 2.52. The van der Waals surface area contributed by atoms with E-state index in [1.54, 1.807) is 6.07 Å². The van der Waals surface area contributed by atoms with E-state index >= 15 is 0 Å². The summed E-state index contributed by atoms with van der Waals surface area (Å²) in [5.74, 6) is 0.0299. The Bertz CT molecular complexity index is 224. The summed E-state index contributed by atoms with van der Waals surface area (Å²) >= 11 is 5.45. The fourth-order valence-electron chi connectivity index (χ4n) is 0.518. The summed E-state index contributed by atoms with van der Waals surface area (Å²) in [5.41, 5.74) is 0.804. The molecule has 0 bridgehead atoms. The van der Waals surface area contributed by atoms with Crippen LogP contribution < -0.4 is 0 Å². The van der Waals surface area contributed by atoms with Crippen molar-refractivity contribution < 1.29 is 5.11 Å². The fourth-order valence-corrected chi connectivity index (χ4v) is 0.714. The first-order valence-corrected chi connectivity index (χ1v) is 2.90. The molecule has 0 spiro atoms. The van der Waals surface area contributed by atoms with Crippen molar-refractivity contribution in [2.24, 2.45) is 0 Å². The molecule has 0 radical (unpaired) electrons. The third-order valence-corrected chi connectivity index (χ3v) is 1.25. The van der Waals surface area contributed by atoms with Gasteiger partial charge in [0, 0.05) is 5.69 Å². The monoisotopic (exact) mass is 143 g/mol. The van der Waals surface area contributed by atoms with Crippen molar-refractivity contribution in [3.8, 4) is 5.75 Å². The number of nitrogens with zero attached hydrogens (tertiary/aromatic N) is 1. The lowest BCUT2D eigenvalue weighted by molar-refractivity contribution is 0.472. The fraction of sp³-hybridized carbons (Fsp3) is 0.167. The number of aryl methyl sites for hydroxylation is 1. The highest BCUT2D eigenvalue weighted by molar-refractivity contribution is 6.30. The van der Waals surface area contributed by atoms with E-state index in [-0.39, 0.29) is 10.9 Å². The van der Waals surface area contributed by atoms with Crippen molar-refractivity contribution in [2.45, 2.75) is 6.92 Å². The Hall–Kier alpha value is -0.760. The topological polar surface area (TPSA) is 33.1 Å². The number of hydrogen-bond acceptors (Lipinski definition) is 2. The van der Waals surface area contributed by atoms with Gasteiger partial charge in [0.15, 0.2) is 10.9 Å². The zero-order valence-electron chi connectivity index (χ0n) is 4.93. The summed E-state index contributed by atoms with van der Waals surface area (Å²) < 4.78 is 0. The normalized spacial score (nSPS) is 9.56. The minimum Gasteiger partial charge on any atom is -0.505 e. The molecule has 1 rings (SSSR count). The molecule has 0 saturated heterocycles. The summed E-state index contributed by atoms with van der Waals surface area (Å²) in [6, 6.07) is 3.21. The maximum absolute atomic E-state index is 8.85. The van der Waals surface area contributed by atoms with Gasteiger partial charge in [0.05, 0.1) is 0 Å². The van der Waals surface area contributed by atoms with Crippen LogP contribution >= 0.6 is 11.6 Å². The molecule has 0 amide bonds. The minimum absolute atomic E-state index is 0.0299. The number of aromatic nitrogens is 1. The second-order valence-corrected chi connectivity index (χ2v) is 2.12. The summed E-state index contributed by atoms with van der Waals surface area (Å²) in [4.78, 5) is 3.79. The second-order valence-electron chi connectivity index (χ2n) is 1.76. The lowest BCUT2D eigenvalue weighted by atomic mass is 10.4. The van der Waals surface area contributed by atoms with Crippen LogP contribution in [0.2, 0.25) is 5.15 Å². The van der Waals surface area contributed by atoms with E-state index in [4.69, 9.17) is 16.7 Å². The molecular weight excluding hydrogens is 138 g/mol. The highest BCUT2D eigenvalue weighted by Gasteiger charge is 1.95. The lowest BCUT2D eigenvalue weighted by Gasteiger charge is -1.94. The average molecular weight is 144 g/mol. The molecule has 0 atom stereocenters. The summed E-state index contributed by atoms with van der Waals surface area (Å²) in [5, 5.41) is 9.01. The molecule has 1 aromatic heterocycles. The summed E-state index contributed by atoms with van der Waals surface area (Å²) in [6.45, 7) is 1.81. The van der Waals surface area contributed by atoms with Gasteiger partial charge in [-0.2, -0.15) is 0 Å². The van der Waals surface area contributed by atoms with E-state index in [1.807, 2.05) is 6.92 Å². The maximum Gasteiger partial charge on any atom is 0.171 e. The quantitative estimate of drug-likeness (QED) is 0.562. The molecule has 48 valence electrons. The van der Waals surface area contributed by atoms with Gasteiger partial charge >= 0.3 is 0 Å². The summed E-state index contributed by atoms with van der Waals surface area (Å²) in [7, 11) is 0. The average Bonchev–Trinajstić information content (AvgIpc) is 1.80. The molecule has 0 aliphatic carbocycles. The summed E-state index contributed by atoms with van der Waals surface area (Å²) in [6.07, 6.45) is 0. The van der Waals surface area contributed by atoms with Crippen LogP contribution in [0, 0.1) is 6.92 Å². The number of pyridine rings is 1. The molecule has 9 heavy (non-hydrogen) atoms. The molecule has 0 aromatic carbocycles. The number of aromatic hydroxyl groups is 1. The first-order chi connectivity index (χ1) is 4.20. The van der Waals surface area contributed by atoms with Crippen LogP contribution in [-0.2, 0) is 0 Å². The standard InChI is InChI=1S/C6H6ClNO/c1-4-2-3-5(9)6(7)8-4/h2-3,9H,1H3. The van der Waals surface area contributed by atoms with Crippen LogP contribution in [0.5, 0.6) is 5.75 Å². The van der Waals surface area contributed by atoms with Gasteiger partial charge in [0.2, 0.25) is 0 Å². The Morgan fingerprint density at radius 3 is 2.67 bits per heavy atom. The molecule has 3 heteroatoms. The van der Waals surface area contributed by atoms with Gasteiger partial charge in [-0.05, 0) is 19.1 Å². The van der Waals surface area contributed by atoms with Crippen molar-refractivity contribution in [1.29, 1.82) is 0 Å². The predicted octanol–water partition coefficient (Wildman–Crippen LogP) is 1.75. The highest BCUT2D eigenvalue weighted by atomic mass is 35.5. The van der Waals surface area contributed by atoms with Gasteiger partial charge in [-0.15, -0.1) is 0 Å². The second kappa shape index (κ2) is 2.23. The predicted molar refractivity (Wildman–Crippen MR) is 35.6 cm³/mol. The van der Waals surface area contributed by atoms with Crippen LogP contribution in [0.15, 0.2) is 12.1 Å². The van der Waals surface area contributed by atoms with Crippen LogP contribution in [-0.4, -0.2) is 10.1 Å². The van der Waals surface area contributed by atoms with E-state index in [1.165, 1.54) is 6.07 Å². The Morgan fingerprint density at radius 1 is 1.56 bits per heavy atom. The molecule has 0 aliphatic rings. The molecule has 1 aromatic rings. The van der Waals surface area contributed by atoms with Crippen LogP contribution in [0.3, 0.4) is 0 Å². The molecule has 0 saturated carbocycles. The van der Waals surface area contributed by atoms with E-state index in [9.17, 15) is 0 Å². The van der Waals surface area contributed by atoms with Gasteiger partial charge in [-0.25, -0.2) is 4.98 Å². The Labute approximate surface area is 58.1 Å². The van der Waals surface area contributed by atoms with Crippen molar-refractivity contribution in [3.05, 3.63) is 23.0 Å². The molecule has 1 N–H and O–H groups in total. The van der Waals surface area contributed by atoms with Gasteiger partial charge < -0.3 is 5.11 Å². The molecule has 2 nitrogen and oxygen atoms in total. The van der Waals surface area contributed by atoms with Gasteiger partial charge in [-0.1, -0.05) is 11.6 Å². The highest BCUT2D eigenvalue weighted by Crippen LogP contribution is 2.18. The molecule has 1 heterocycles. The Morgan fingerprint density at radius 2 is 2.22 bits per heavy atom. The molecular formula is C6H6ClNO. The van der Waals surface area contributed by atoms with E-state index in [0.29, 0.717) is 0 Å². The van der Waals surface area contributed by atoms with Gasteiger partial charge in [0.25, 0.3) is 0 Å². The van der Waals surface area contributed by atoms with Crippen LogP contribution in [0.25, 0.3) is 0 Å². The van der Waals surface area contributed by atoms with Crippen LogP contribution in [0.4, 0.5) is 0 Å². The number of rotatable bonds is 0. The van der Waals surface area contributed by atoms with Crippen molar-refractivity contribution in [2.75, 3.05) is 0 Å². The zero-order valence-corrected chi connectivity index (χ0v) is 5.68. The van der Waals surface area contributed by atoms with Gasteiger partial charge in [-0.3, -0.25) is 0 Å². The first kappa shape index (κ1) is 6.36. The van der Waals surface area contributed by atoms with Gasteiger partial charge in [0.1, 0.15) is 0 Å². The maximum atomic E-state index is 8.85. The Kier molecular flexibility index (Phi) is 1.58.